The standard InChI is InChI=1S/C18H18BrNO6S/c1-3-25-17(21)12-9-13(18(22)26-4-2)11-16(10-12)27(23,24)20-15-7-5-14(19)6-8-15/h5-11,20H,3-4H2,1-2H3. The summed E-state index contributed by atoms with van der Waals surface area (Å²) in [5, 5.41) is 0. The molecule has 0 saturated heterocycles. The molecule has 27 heavy (non-hydrogen) atoms. The van der Waals surface area contributed by atoms with Crippen LogP contribution in [0.15, 0.2) is 51.8 Å². The topological polar surface area (TPSA) is 98.8 Å². The summed E-state index contributed by atoms with van der Waals surface area (Å²) in [6, 6.07) is 10.1. The Kier molecular flexibility index (Phi) is 6.98. The van der Waals surface area contributed by atoms with Crippen molar-refractivity contribution < 1.29 is 27.5 Å². The Labute approximate surface area is 165 Å². The first-order valence-corrected chi connectivity index (χ1v) is 10.3. The first-order chi connectivity index (χ1) is 12.8. The molecule has 0 spiro atoms. The molecule has 2 aromatic carbocycles. The van der Waals surface area contributed by atoms with Crippen LogP contribution >= 0.6 is 15.9 Å². The van der Waals surface area contributed by atoms with Crippen LogP contribution in [-0.4, -0.2) is 33.6 Å². The number of esters is 2. The molecule has 0 radical (unpaired) electrons. The monoisotopic (exact) mass is 455 g/mol. The highest BCUT2D eigenvalue weighted by Crippen LogP contribution is 2.22. The lowest BCUT2D eigenvalue weighted by Crippen LogP contribution is -2.16. The van der Waals surface area contributed by atoms with E-state index in [1.54, 1.807) is 38.1 Å². The second-order valence-corrected chi connectivity index (χ2v) is 7.90. The number of benzene rings is 2. The third kappa shape index (κ3) is 5.54. The molecule has 7 nitrogen and oxygen atoms in total. The van der Waals surface area contributed by atoms with E-state index in [4.69, 9.17) is 9.47 Å². The molecular formula is C18H18BrNO6S. The molecule has 144 valence electrons. The normalized spacial score (nSPS) is 10.9. The van der Waals surface area contributed by atoms with Gasteiger partial charge >= 0.3 is 11.9 Å². The maximum atomic E-state index is 12.7. The van der Waals surface area contributed by atoms with Crippen molar-refractivity contribution in [2.24, 2.45) is 0 Å². The summed E-state index contributed by atoms with van der Waals surface area (Å²) in [6.07, 6.45) is 0. The third-order valence-corrected chi connectivity index (χ3v) is 5.22. The Morgan fingerprint density at radius 2 is 1.41 bits per heavy atom. The third-order valence-electron chi connectivity index (χ3n) is 3.34. The summed E-state index contributed by atoms with van der Waals surface area (Å²) in [5.74, 6) is -1.47. The first kappa shape index (κ1) is 20.9. The van der Waals surface area contributed by atoms with Gasteiger partial charge in [0.1, 0.15) is 0 Å². The smallest absolute Gasteiger partial charge is 0.338 e. The largest absolute Gasteiger partial charge is 0.462 e. The van der Waals surface area contributed by atoms with Crippen molar-refractivity contribution in [1.29, 1.82) is 0 Å². The summed E-state index contributed by atoms with van der Waals surface area (Å²) in [5.41, 5.74) is 0.217. The van der Waals surface area contributed by atoms with Gasteiger partial charge in [-0.15, -0.1) is 0 Å². The quantitative estimate of drug-likeness (QED) is 0.640. The number of hydrogen-bond donors (Lipinski definition) is 1. The maximum Gasteiger partial charge on any atom is 0.338 e. The number of nitrogens with one attached hydrogen (secondary N) is 1. The summed E-state index contributed by atoms with van der Waals surface area (Å²) in [6.45, 7) is 3.48. The maximum absolute atomic E-state index is 12.7. The fourth-order valence-corrected chi connectivity index (χ4v) is 3.54. The Morgan fingerprint density at radius 3 is 1.85 bits per heavy atom. The van der Waals surface area contributed by atoms with Gasteiger partial charge in [0.15, 0.2) is 0 Å². The van der Waals surface area contributed by atoms with Crippen LogP contribution in [-0.2, 0) is 19.5 Å². The number of anilines is 1. The zero-order valence-electron chi connectivity index (χ0n) is 14.7. The first-order valence-electron chi connectivity index (χ1n) is 8.04. The molecule has 0 atom stereocenters. The lowest BCUT2D eigenvalue weighted by Gasteiger charge is -2.11. The van der Waals surface area contributed by atoms with Crippen LogP contribution in [0.2, 0.25) is 0 Å². The van der Waals surface area contributed by atoms with Crippen molar-refractivity contribution in [2.45, 2.75) is 18.7 Å². The van der Waals surface area contributed by atoms with Crippen LogP contribution < -0.4 is 4.72 Å². The van der Waals surface area contributed by atoms with E-state index < -0.39 is 22.0 Å². The van der Waals surface area contributed by atoms with Gasteiger partial charge in [0.2, 0.25) is 0 Å². The van der Waals surface area contributed by atoms with Crippen LogP contribution in [0.3, 0.4) is 0 Å². The fraction of sp³-hybridized carbons (Fsp3) is 0.222. The minimum Gasteiger partial charge on any atom is -0.462 e. The summed E-state index contributed by atoms with van der Waals surface area (Å²) >= 11 is 3.27. The van der Waals surface area contributed by atoms with Crippen molar-refractivity contribution in [3.63, 3.8) is 0 Å². The number of rotatable bonds is 7. The van der Waals surface area contributed by atoms with Gasteiger partial charge in [-0.1, -0.05) is 15.9 Å². The van der Waals surface area contributed by atoms with E-state index in [-0.39, 0.29) is 29.2 Å². The lowest BCUT2D eigenvalue weighted by molar-refractivity contribution is 0.0524. The van der Waals surface area contributed by atoms with E-state index >= 15 is 0 Å². The van der Waals surface area contributed by atoms with Gasteiger partial charge in [0.05, 0.1) is 29.2 Å². The number of halogens is 1. The highest BCUT2D eigenvalue weighted by atomic mass is 79.9. The SMILES string of the molecule is CCOC(=O)c1cc(C(=O)OCC)cc(S(=O)(=O)Nc2ccc(Br)cc2)c1. The average molecular weight is 456 g/mol. The van der Waals surface area contributed by atoms with Crippen molar-refractivity contribution in [3.8, 4) is 0 Å². The van der Waals surface area contributed by atoms with Crippen LogP contribution in [0.4, 0.5) is 5.69 Å². The fourth-order valence-electron chi connectivity index (χ4n) is 2.15. The summed E-state index contributed by atoms with van der Waals surface area (Å²) in [4.78, 5) is 23.9. The van der Waals surface area contributed by atoms with Gasteiger partial charge in [-0.05, 0) is 56.3 Å². The van der Waals surface area contributed by atoms with E-state index in [9.17, 15) is 18.0 Å². The number of ether oxygens (including phenoxy) is 2. The zero-order valence-corrected chi connectivity index (χ0v) is 17.1. The number of sulfonamides is 1. The van der Waals surface area contributed by atoms with E-state index in [2.05, 4.69) is 20.7 Å². The van der Waals surface area contributed by atoms with Gasteiger partial charge in [-0.25, -0.2) is 18.0 Å². The highest BCUT2D eigenvalue weighted by Gasteiger charge is 2.21. The van der Waals surface area contributed by atoms with Crippen molar-refractivity contribution in [3.05, 3.63) is 58.1 Å². The molecule has 9 heteroatoms. The van der Waals surface area contributed by atoms with E-state index in [1.807, 2.05) is 0 Å². The van der Waals surface area contributed by atoms with Crippen molar-refractivity contribution in [2.75, 3.05) is 17.9 Å². The predicted octanol–water partition coefficient (Wildman–Crippen LogP) is 3.60. The van der Waals surface area contributed by atoms with E-state index in [0.29, 0.717) is 5.69 Å². The highest BCUT2D eigenvalue weighted by molar-refractivity contribution is 9.10. The van der Waals surface area contributed by atoms with Crippen LogP contribution in [0, 0.1) is 0 Å². The zero-order chi connectivity index (χ0) is 20.0. The number of hydrogen-bond acceptors (Lipinski definition) is 6. The van der Waals surface area contributed by atoms with Crippen molar-refractivity contribution in [1.82, 2.24) is 0 Å². The Bertz CT molecular complexity index is 905. The molecule has 0 heterocycles. The minimum atomic E-state index is -4.05. The minimum absolute atomic E-state index is 0.0569. The van der Waals surface area contributed by atoms with Gasteiger partial charge in [0.25, 0.3) is 10.0 Å². The molecule has 0 fully saturated rings. The average Bonchev–Trinajstić information content (AvgIpc) is 2.63. The Morgan fingerprint density at radius 1 is 0.926 bits per heavy atom. The van der Waals surface area contributed by atoms with Crippen LogP contribution in [0.5, 0.6) is 0 Å². The van der Waals surface area contributed by atoms with Gasteiger partial charge in [-0.2, -0.15) is 0 Å². The molecule has 0 unspecified atom stereocenters. The van der Waals surface area contributed by atoms with Crippen LogP contribution in [0.25, 0.3) is 0 Å². The molecule has 0 bridgehead atoms. The summed E-state index contributed by atoms with van der Waals surface area (Å²) < 4.78 is 38.5. The molecule has 0 aliphatic heterocycles. The molecule has 0 saturated carbocycles. The van der Waals surface area contributed by atoms with Gasteiger partial charge in [-0.3, -0.25) is 4.72 Å². The molecule has 0 aliphatic carbocycles. The number of carbonyl (C=O) groups is 2. The summed E-state index contributed by atoms with van der Waals surface area (Å²) in [7, 11) is -4.05. The van der Waals surface area contributed by atoms with Crippen molar-refractivity contribution >= 4 is 43.6 Å². The molecule has 0 aromatic heterocycles. The molecule has 1 N–H and O–H groups in total. The van der Waals surface area contributed by atoms with E-state index in [0.717, 1.165) is 16.6 Å². The Balaban J connectivity index is 2.47. The molecule has 0 amide bonds. The second kappa shape index (κ2) is 9.01. The molecular weight excluding hydrogens is 438 g/mol. The molecule has 2 aromatic rings. The van der Waals surface area contributed by atoms with E-state index in [1.165, 1.54) is 6.07 Å². The Hall–Kier alpha value is -2.39. The predicted molar refractivity (Wildman–Crippen MR) is 103 cm³/mol. The van der Waals surface area contributed by atoms with Gasteiger partial charge in [0, 0.05) is 10.2 Å². The van der Waals surface area contributed by atoms with Gasteiger partial charge < -0.3 is 9.47 Å². The molecule has 2 rings (SSSR count). The molecule has 0 aliphatic rings. The van der Waals surface area contributed by atoms with Crippen LogP contribution in [0.1, 0.15) is 34.6 Å². The lowest BCUT2D eigenvalue weighted by atomic mass is 10.1. The number of carbonyl (C=O) groups excluding carboxylic acids is 2. The second-order valence-electron chi connectivity index (χ2n) is 5.30.